The molecule has 1 rings (SSSR count). The summed E-state index contributed by atoms with van der Waals surface area (Å²) in [5, 5.41) is 12.2. The molecule has 0 saturated carbocycles. The highest BCUT2D eigenvalue weighted by molar-refractivity contribution is 5.68. The van der Waals surface area contributed by atoms with Crippen LogP contribution in [0.1, 0.15) is 45.7 Å². The minimum atomic E-state index is -0.782. The third-order valence-electron chi connectivity index (χ3n) is 2.92. The Morgan fingerprint density at radius 3 is 2.33 bits per heavy atom. The van der Waals surface area contributed by atoms with Crippen LogP contribution in [-0.4, -0.2) is 28.9 Å². The van der Waals surface area contributed by atoms with E-state index in [1.54, 1.807) is 6.92 Å². The van der Waals surface area contributed by atoms with Gasteiger partial charge in [-0.3, -0.25) is 0 Å². The van der Waals surface area contributed by atoms with Crippen molar-refractivity contribution >= 4 is 6.09 Å². The molecule has 4 N–H and O–H groups in total. The number of hydrogen-bond donors (Lipinski definition) is 3. The van der Waals surface area contributed by atoms with Crippen molar-refractivity contribution in [2.45, 2.75) is 51.3 Å². The molecule has 0 bridgehead atoms. The second-order valence-electron chi connectivity index (χ2n) is 6.63. The Bertz CT molecular complexity index is 452. The fourth-order valence-corrected chi connectivity index (χ4v) is 1.92. The average molecular weight is 294 g/mol. The van der Waals surface area contributed by atoms with Crippen molar-refractivity contribution in [2.24, 2.45) is 5.73 Å². The molecule has 2 atom stereocenters. The monoisotopic (exact) mass is 294 g/mol. The summed E-state index contributed by atoms with van der Waals surface area (Å²) in [4.78, 5) is 12.0. The molecule has 1 aromatic rings. The molecule has 0 heterocycles. The van der Waals surface area contributed by atoms with Crippen molar-refractivity contribution in [3.8, 4) is 0 Å². The van der Waals surface area contributed by atoms with Gasteiger partial charge < -0.3 is 20.9 Å². The fourth-order valence-electron chi connectivity index (χ4n) is 1.92. The molecule has 5 nitrogen and oxygen atoms in total. The van der Waals surface area contributed by atoms with Gasteiger partial charge in [-0.25, -0.2) is 4.79 Å². The smallest absolute Gasteiger partial charge is 0.408 e. The van der Waals surface area contributed by atoms with Crippen LogP contribution in [0.4, 0.5) is 4.79 Å². The number of aliphatic hydroxyl groups is 1. The highest BCUT2D eigenvalue weighted by Crippen LogP contribution is 2.23. The van der Waals surface area contributed by atoms with Crippen molar-refractivity contribution in [1.82, 2.24) is 5.32 Å². The number of ether oxygens (including phenoxy) is 1. The lowest BCUT2D eigenvalue weighted by molar-refractivity contribution is 0.0490. The van der Waals surface area contributed by atoms with Gasteiger partial charge in [0.1, 0.15) is 5.60 Å². The van der Waals surface area contributed by atoms with Crippen molar-refractivity contribution in [3.63, 3.8) is 0 Å². The molecule has 0 aliphatic heterocycles. The minimum absolute atomic E-state index is 0.160. The summed E-state index contributed by atoms with van der Waals surface area (Å²) in [6.45, 7) is 7.02. The Hall–Kier alpha value is -1.59. The second kappa shape index (κ2) is 6.91. The van der Waals surface area contributed by atoms with Gasteiger partial charge in [-0.05, 0) is 39.7 Å². The van der Waals surface area contributed by atoms with Gasteiger partial charge in [-0.1, -0.05) is 30.3 Å². The van der Waals surface area contributed by atoms with Crippen LogP contribution in [0.15, 0.2) is 30.3 Å². The van der Waals surface area contributed by atoms with Crippen molar-refractivity contribution < 1.29 is 14.6 Å². The number of carbonyl (C=O) groups is 1. The Morgan fingerprint density at radius 1 is 1.29 bits per heavy atom. The average Bonchev–Trinajstić information content (AvgIpc) is 2.36. The zero-order valence-electron chi connectivity index (χ0n) is 13.2. The van der Waals surface area contributed by atoms with Gasteiger partial charge in [-0.2, -0.15) is 0 Å². The Kier molecular flexibility index (Phi) is 5.75. The van der Waals surface area contributed by atoms with E-state index in [-0.39, 0.29) is 12.6 Å². The van der Waals surface area contributed by atoms with Gasteiger partial charge in [0.2, 0.25) is 0 Å². The maximum atomic E-state index is 12.0. The second-order valence-corrected chi connectivity index (χ2v) is 6.63. The summed E-state index contributed by atoms with van der Waals surface area (Å²) >= 11 is 0. The number of nitrogens with one attached hydrogen (secondary N) is 1. The number of carbonyl (C=O) groups excluding carboxylic acids is 1. The van der Waals surface area contributed by atoms with Crippen LogP contribution >= 0.6 is 0 Å². The normalized spacial score (nSPS) is 15.9. The topological polar surface area (TPSA) is 84.6 Å². The standard InChI is InChI=1S/C16H26N2O3/c1-15(2,3)21-14(20)18-13(10-16(4,17)11-19)12-8-6-5-7-9-12/h5-9,13,19H,10-11,17H2,1-4H3,(H,18,20). The molecule has 0 radical (unpaired) electrons. The predicted octanol–water partition coefficient (Wildman–Crippen LogP) is 2.35. The summed E-state index contributed by atoms with van der Waals surface area (Å²) in [7, 11) is 0. The number of rotatable bonds is 5. The molecule has 0 saturated heterocycles. The quantitative estimate of drug-likeness (QED) is 0.778. The molecule has 5 heteroatoms. The van der Waals surface area contributed by atoms with E-state index in [0.717, 1.165) is 5.56 Å². The molecular weight excluding hydrogens is 268 g/mol. The van der Waals surface area contributed by atoms with Crippen molar-refractivity contribution in [3.05, 3.63) is 35.9 Å². The van der Waals surface area contributed by atoms with E-state index in [0.29, 0.717) is 6.42 Å². The third kappa shape index (κ3) is 6.60. The Labute approximate surface area is 126 Å². The maximum absolute atomic E-state index is 12.0. The number of alkyl carbamates (subject to hydrolysis) is 1. The number of benzene rings is 1. The first kappa shape index (κ1) is 17.5. The van der Waals surface area contributed by atoms with Crippen LogP contribution in [0.25, 0.3) is 0 Å². The van der Waals surface area contributed by atoms with Gasteiger partial charge in [-0.15, -0.1) is 0 Å². The van der Waals surface area contributed by atoms with Crippen LogP contribution in [0.3, 0.4) is 0 Å². The van der Waals surface area contributed by atoms with Gasteiger partial charge in [0.25, 0.3) is 0 Å². The van der Waals surface area contributed by atoms with E-state index in [1.807, 2.05) is 51.1 Å². The van der Waals surface area contributed by atoms with Crippen molar-refractivity contribution in [2.75, 3.05) is 6.61 Å². The number of hydrogen-bond acceptors (Lipinski definition) is 4. The Balaban J connectivity index is 2.85. The largest absolute Gasteiger partial charge is 0.444 e. The lowest BCUT2D eigenvalue weighted by Crippen LogP contribution is -2.45. The van der Waals surface area contributed by atoms with E-state index in [2.05, 4.69) is 5.32 Å². The van der Waals surface area contributed by atoms with Gasteiger partial charge in [0, 0.05) is 5.54 Å². The molecule has 2 unspecified atom stereocenters. The molecule has 0 aliphatic carbocycles. The number of aliphatic hydroxyl groups excluding tert-OH is 1. The fraction of sp³-hybridized carbons (Fsp3) is 0.562. The summed E-state index contributed by atoms with van der Waals surface area (Å²) in [6, 6.07) is 9.20. The SMILES string of the molecule is CC(N)(CO)CC(NC(=O)OC(C)(C)C)c1ccccc1. The van der Waals surface area contributed by atoms with E-state index in [4.69, 9.17) is 10.5 Å². The van der Waals surface area contributed by atoms with Gasteiger partial charge in [0.15, 0.2) is 0 Å². The predicted molar refractivity (Wildman–Crippen MR) is 82.8 cm³/mol. The first-order valence-corrected chi connectivity index (χ1v) is 7.07. The van der Waals surface area contributed by atoms with Crippen LogP contribution in [-0.2, 0) is 4.74 Å². The molecule has 118 valence electrons. The summed E-state index contributed by atoms with van der Waals surface area (Å²) in [6.07, 6.45) is -0.0858. The molecule has 21 heavy (non-hydrogen) atoms. The van der Waals surface area contributed by atoms with E-state index in [9.17, 15) is 9.90 Å². The highest BCUT2D eigenvalue weighted by atomic mass is 16.6. The summed E-state index contributed by atoms with van der Waals surface area (Å²) in [5.74, 6) is 0. The summed E-state index contributed by atoms with van der Waals surface area (Å²) < 4.78 is 5.28. The maximum Gasteiger partial charge on any atom is 0.408 e. The van der Waals surface area contributed by atoms with E-state index >= 15 is 0 Å². The third-order valence-corrected chi connectivity index (χ3v) is 2.92. The lowest BCUT2D eigenvalue weighted by Gasteiger charge is -2.29. The van der Waals surface area contributed by atoms with Crippen molar-refractivity contribution in [1.29, 1.82) is 0 Å². The highest BCUT2D eigenvalue weighted by Gasteiger charge is 2.27. The molecular formula is C16H26N2O3. The minimum Gasteiger partial charge on any atom is -0.444 e. The van der Waals surface area contributed by atoms with Crippen LogP contribution < -0.4 is 11.1 Å². The zero-order chi connectivity index (χ0) is 16.1. The molecule has 0 aliphatic rings. The van der Waals surface area contributed by atoms with Gasteiger partial charge >= 0.3 is 6.09 Å². The molecule has 1 amide bonds. The Morgan fingerprint density at radius 2 is 1.86 bits per heavy atom. The first-order valence-electron chi connectivity index (χ1n) is 7.07. The molecule has 0 spiro atoms. The van der Waals surface area contributed by atoms with Crippen LogP contribution in [0.2, 0.25) is 0 Å². The molecule has 0 aromatic heterocycles. The van der Waals surface area contributed by atoms with Crippen LogP contribution in [0, 0.1) is 0 Å². The first-order chi connectivity index (χ1) is 9.63. The molecule has 0 fully saturated rings. The zero-order valence-corrected chi connectivity index (χ0v) is 13.2. The van der Waals surface area contributed by atoms with Crippen LogP contribution in [0.5, 0.6) is 0 Å². The van der Waals surface area contributed by atoms with E-state index < -0.39 is 17.2 Å². The number of amides is 1. The number of nitrogens with two attached hydrogens (primary N) is 1. The van der Waals surface area contributed by atoms with Gasteiger partial charge in [0.05, 0.1) is 12.6 Å². The van der Waals surface area contributed by atoms with E-state index in [1.165, 1.54) is 0 Å². The molecule has 1 aromatic carbocycles. The summed E-state index contributed by atoms with van der Waals surface area (Å²) in [5.41, 5.74) is 5.60. The lowest BCUT2D eigenvalue weighted by atomic mass is 9.91.